The van der Waals surface area contributed by atoms with Crippen molar-refractivity contribution in [3.63, 3.8) is 0 Å². The highest BCUT2D eigenvalue weighted by atomic mass is 19.1. The van der Waals surface area contributed by atoms with Crippen LogP contribution < -0.4 is 0 Å². The molecule has 0 bridgehead atoms. The number of hydrogen-bond donors (Lipinski definition) is 0. The summed E-state index contributed by atoms with van der Waals surface area (Å²) in [5.74, 6) is 0.597. The minimum atomic E-state index is -0.522. The number of amides is 1. The first kappa shape index (κ1) is 17.4. The summed E-state index contributed by atoms with van der Waals surface area (Å²) in [5.41, 5.74) is 0.145. The summed E-state index contributed by atoms with van der Waals surface area (Å²) < 4.78 is 23.8. The smallest absolute Gasteiger partial charge is 0.410 e. The maximum atomic E-state index is 13.0. The second-order valence-corrected chi connectivity index (χ2v) is 7.23. The second-order valence-electron chi connectivity index (χ2n) is 7.23. The Labute approximate surface area is 146 Å². The fourth-order valence-electron chi connectivity index (χ4n) is 2.79. The highest BCUT2D eigenvalue weighted by Gasteiger charge is 2.30. The van der Waals surface area contributed by atoms with E-state index in [4.69, 9.17) is 9.26 Å². The molecular formula is C18H22FN3O3. The van der Waals surface area contributed by atoms with Gasteiger partial charge in [0.2, 0.25) is 0 Å². The van der Waals surface area contributed by atoms with E-state index in [1.54, 1.807) is 17.0 Å². The molecule has 0 saturated carbocycles. The molecule has 2 aromatic rings. The van der Waals surface area contributed by atoms with Gasteiger partial charge < -0.3 is 14.2 Å². The molecule has 25 heavy (non-hydrogen) atoms. The van der Waals surface area contributed by atoms with Gasteiger partial charge in [0, 0.05) is 24.6 Å². The summed E-state index contributed by atoms with van der Waals surface area (Å²) >= 11 is 0. The van der Waals surface area contributed by atoms with Gasteiger partial charge >= 0.3 is 6.09 Å². The summed E-state index contributed by atoms with van der Waals surface area (Å²) in [6.07, 6.45) is 1.41. The van der Waals surface area contributed by atoms with E-state index < -0.39 is 5.60 Å². The zero-order valence-corrected chi connectivity index (χ0v) is 14.7. The molecule has 7 heteroatoms. The van der Waals surface area contributed by atoms with Gasteiger partial charge in [-0.25, -0.2) is 9.18 Å². The van der Waals surface area contributed by atoms with Crippen molar-refractivity contribution in [1.29, 1.82) is 0 Å². The van der Waals surface area contributed by atoms with Crippen LogP contribution in [0.15, 0.2) is 28.8 Å². The Morgan fingerprint density at radius 2 is 2.04 bits per heavy atom. The molecule has 1 atom stereocenters. The summed E-state index contributed by atoms with van der Waals surface area (Å²) in [6.45, 7) is 6.70. The van der Waals surface area contributed by atoms with Crippen molar-refractivity contribution in [3.8, 4) is 11.5 Å². The number of likely N-dealkylation sites (tertiary alicyclic amines) is 1. The van der Waals surface area contributed by atoms with E-state index in [1.165, 1.54) is 12.1 Å². The van der Waals surface area contributed by atoms with Gasteiger partial charge in [-0.15, -0.1) is 0 Å². The van der Waals surface area contributed by atoms with Crippen LogP contribution in [0.25, 0.3) is 11.5 Å². The molecule has 0 radical (unpaired) electrons. The van der Waals surface area contributed by atoms with Gasteiger partial charge in [0.25, 0.3) is 5.89 Å². The molecule has 0 N–H and O–H groups in total. The van der Waals surface area contributed by atoms with E-state index in [0.717, 1.165) is 12.8 Å². The molecule has 1 aromatic heterocycles. The number of rotatable bonds is 2. The molecule has 2 heterocycles. The molecule has 1 saturated heterocycles. The number of benzene rings is 1. The van der Waals surface area contributed by atoms with Crippen LogP contribution in [-0.4, -0.2) is 39.8 Å². The molecule has 1 aromatic carbocycles. The van der Waals surface area contributed by atoms with E-state index in [1.807, 2.05) is 20.8 Å². The van der Waals surface area contributed by atoms with Gasteiger partial charge in [-0.3, -0.25) is 0 Å². The van der Waals surface area contributed by atoms with Crippen molar-refractivity contribution in [2.45, 2.75) is 45.1 Å². The SMILES string of the molecule is CC(C)(C)OC(=O)N1CCC[C@H](c2noc(-c3ccc(F)cc3)n2)C1. The van der Waals surface area contributed by atoms with Crippen molar-refractivity contribution in [3.05, 3.63) is 35.9 Å². The van der Waals surface area contributed by atoms with E-state index in [9.17, 15) is 9.18 Å². The van der Waals surface area contributed by atoms with E-state index >= 15 is 0 Å². The van der Waals surface area contributed by atoms with Crippen LogP contribution in [-0.2, 0) is 4.74 Å². The molecule has 1 amide bonds. The van der Waals surface area contributed by atoms with Crippen LogP contribution in [0.4, 0.5) is 9.18 Å². The predicted molar refractivity (Wildman–Crippen MR) is 89.5 cm³/mol. The lowest BCUT2D eigenvalue weighted by Crippen LogP contribution is -2.42. The largest absolute Gasteiger partial charge is 0.444 e. The molecule has 1 aliphatic heterocycles. The number of ether oxygens (including phenoxy) is 1. The lowest BCUT2D eigenvalue weighted by atomic mass is 9.98. The average molecular weight is 347 g/mol. The predicted octanol–water partition coefficient (Wildman–Crippen LogP) is 3.99. The molecule has 0 unspecified atom stereocenters. The first-order valence-electron chi connectivity index (χ1n) is 8.39. The van der Waals surface area contributed by atoms with E-state index in [-0.39, 0.29) is 17.8 Å². The maximum absolute atomic E-state index is 13.0. The highest BCUT2D eigenvalue weighted by Crippen LogP contribution is 2.28. The number of carbonyl (C=O) groups is 1. The number of hydrogen-bond acceptors (Lipinski definition) is 5. The van der Waals surface area contributed by atoms with Gasteiger partial charge in [0.05, 0.1) is 0 Å². The Balaban J connectivity index is 1.70. The fourth-order valence-corrected chi connectivity index (χ4v) is 2.79. The number of aromatic nitrogens is 2. The third-order valence-electron chi connectivity index (χ3n) is 3.97. The Morgan fingerprint density at radius 3 is 2.72 bits per heavy atom. The third kappa shape index (κ3) is 4.35. The van der Waals surface area contributed by atoms with Gasteiger partial charge in [-0.2, -0.15) is 4.98 Å². The Morgan fingerprint density at radius 1 is 1.32 bits per heavy atom. The molecule has 0 aliphatic carbocycles. The molecule has 0 spiro atoms. The Bertz CT molecular complexity index is 737. The van der Waals surface area contributed by atoms with Crippen LogP contribution in [0, 0.1) is 5.82 Å². The Kier molecular flexibility index (Phi) is 4.74. The molecule has 134 valence electrons. The number of piperidine rings is 1. The zero-order chi connectivity index (χ0) is 18.0. The molecule has 6 nitrogen and oxygen atoms in total. The first-order valence-corrected chi connectivity index (χ1v) is 8.39. The first-order chi connectivity index (χ1) is 11.8. The summed E-state index contributed by atoms with van der Waals surface area (Å²) in [7, 11) is 0. The molecule has 1 aliphatic rings. The minimum Gasteiger partial charge on any atom is -0.444 e. The molecule has 1 fully saturated rings. The van der Waals surface area contributed by atoms with Crippen molar-refractivity contribution in [2.24, 2.45) is 0 Å². The summed E-state index contributed by atoms with van der Waals surface area (Å²) in [5, 5.41) is 4.05. The van der Waals surface area contributed by atoms with Crippen molar-refractivity contribution < 1.29 is 18.4 Å². The van der Waals surface area contributed by atoms with Crippen LogP contribution >= 0.6 is 0 Å². The highest BCUT2D eigenvalue weighted by molar-refractivity contribution is 5.68. The lowest BCUT2D eigenvalue weighted by molar-refractivity contribution is 0.0195. The van der Waals surface area contributed by atoms with E-state index in [0.29, 0.717) is 30.4 Å². The fraction of sp³-hybridized carbons (Fsp3) is 0.500. The van der Waals surface area contributed by atoms with Crippen LogP contribution in [0.2, 0.25) is 0 Å². The van der Waals surface area contributed by atoms with Crippen LogP contribution in [0.5, 0.6) is 0 Å². The van der Waals surface area contributed by atoms with Crippen molar-refractivity contribution in [1.82, 2.24) is 15.0 Å². The second kappa shape index (κ2) is 6.82. The van der Waals surface area contributed by atoms with Crippen LogP contribution in [0.3, 0.4) is 0 Å². The number of nitrogens with zero attached hydrogens (tertiary/aromatic N) is 3. The van der Waals surface area contributed by atoms with Crippen molar-refractivity contribution in [2.75, 3.05) is 13.1 Å². The summed E-state index contributed by atoms with van der Waals surface area (Å²) in [6, 6.07) is 5.90. The zero-order valence-electron chi connectivity index (χ0n) is 14.7. The number of carbonyl (C=O) groups excluding carboxylic acids is 1. The van der Waals surface area contributed by atoms with Gasteiger partial charge in [0.1, 0.15) is 11.4 Å². The van der Waals surface area contributed by atoms with Gasteiger partial charge in [0.15, 0.2) is 5.82 Å². The summed E-state index contributed by atoms with van der Waals surface area (Å²) in [4.78, 5) is 18.4. The van der Waals surface area contributed by atoms with Gasteiger partial charge in [-0.1, -0.05) is 5.16 Å². The normalized spacial score (nSPS) is 18.2. The van der Waals surface area contributed by atoms with Crippen molar-refractivity contribution >= 4 is 6.09 Å². The third-order valence-corrected chi connectivity index (χ3v) is 3.97. The van der Waals surface area contributed by atoms with E-state index in [2.05, 4.69) is 10.1 Å². The topological polar surface area (TPSA) is 68.5 Å². The van der Waals surface area contributed by atoms with Crippen LogP contribution in [0.1, 0.15) is 45.4 Å². The minimum absolute atomic E-state index is 0.000725. The Hall–Kier alpha value is -2.44. The van der Waals surface area contributed by atoms with Gasteiger partial charge in [-0.05, 0) is 57.9 Å². The monoisotopic (exact) mass is 347 g/mol. The maximum Gasteiger partial charge on any atom is 0.410 e. The quantitative estimate of drug-likeness (QED) is 0.821. The standard InChI is InChI=1S/C18H22FN3O3/c1-18(2,3)24-17(23)22-10-4-5-13(11-22)15-20-16(25-21-15)12-6-8-14(19)9-7-12/h6-9,13H,4-5,10-11H2,1-3H3/t13-/m0/s1. The lowest BCUT2D eigenvalue weighted by Gasteiger charge is -2.32. The number of halogens is 1. The molecule has 3 rings (SSSR count). The molecular weight excluding hydrogens is 325 g/mol. The average Bonchev–Trinajstić information content (AvgIpc) is 3.04.